The van der Waals surface area contributed by atoms with E-state index in [1.54, 1.807) is 0 Å². The molecule has 0 amide bonds. The lowest BCUT2D eigenvalue weighted by Crippen LogP contribution is -2.57. The van der Waals surface area contributed by atoms with Crippen molar-refractivity contribution in [1.82, 2.24) is 15.5 Å². The SMILES string of the molecule is CCNC(=NCC1(N2CCOCC2)CCCCC1)NCC1(O)CCCCC1.I. The molecule has 7 heteroatoms. The monoisotopic (exact) mass is 508 g/mol. The maximum Gasteiger partial charge on any atom is 0.191 e. The number of nitrogens with zero attached hydrogens (tertiary/aromatic N) is 2. The smallest absolute Gasteiger partial charge is 0.191 e. The number of morpholine rings is 1. The van der Waals surface area contributed by atoms with Crippen molar-refractivity contribution in [3.05, 3.63) is 0 Å². The zero-order chi connectivity index (χ0) is 19.0. The van der Waals surface area contributed by atoms with Gasteiger partial charge in [0, 0.05) is 31.7 Å². The minimum absolute atomic E-state index is 0. The first-order chi connectivity index (χ1) is 13.2. The first-order valence-electron chi connectivity index (χ1n) is 11.2. The van der Waals surface area contributed by atoms with Gasteiger partial charge in [-0.1, -0.05) is 38.5 Å². The third-order valence-electron chi connectivity index (χ3n) is 6.71. The Morgan fingerprint density at radius 3 is 2.18 bits per heavy atom. The Labute approximate surface area is 188 Å². The summed E-state index contributed by atoms with van der Waals surface area (Å²) in [6.45, 7) is 8.12. The zero-order valence-corrected chi connectivity index (χ0v) is 20.0. The fourth-order valence-electron chi connectivity index (χ4n) is 5.02. The summed E-state index contributed by atoms with van der Waals surface area (Å²) in [4.78, 5) is 7.64. The Morgan fingerprint density at radius 1 is 0.964 bits per heavy atom. The van der Waals surface area contributed by atoms with Crippen LogP contribution in [-0.4, -0.2) is 73.0 Å². The van der Waals surface area contributed by atoms with Crippen LogP contribution in [0.4, 0.5) is 0 Å². The lowest BCUT2D eigenvalue weighted by atomic mass is 9.80. The minimum Gasteiger partial charge on any atom is -0.388 e. The van der Waals surface area contributed by atoms with Crippen molar-refractivity contribution < 1.29 is 9.84 Å². The molecule has 164 valence electrons. The number of rotatable bonds is 6. The summed E-state index contributed by atoms with van der Waals surface area (Å²) in [6, 6.07) is 0. The summed E-state index contributed by atoms with van der Waals surface area (Å²) in [5, 5.41) is 17.6. The van der Waals surface area contributed by atoms with E-state index in [4.69, 9.17) is 9.73 Å². The molecule has 2 saturated carbocycles. The molecule has 0 atom stereocenters. The van der Waals surface area contributed by atoms with Gasteiger partial charge >= 0.3 is 0 Å². The summed E-state index contributed by atoms with van der Waals surface area (Å²) in [6.07, 6.45) is 11.7. The fourth-order valence-corrected chi connectivity index (χ4v) is 5.02. The lowest BCUT2D eigenvalue weighted by Gasteiger charge is -2.47. The standard InChI is InChI=1S/C21H40N4O2.HI/c1-2-22-19(24-18-21(26)11-7-4-8-12-21)23-17-20(9-5-3-6-10-20)25-13-15-27-16-14-25;/h26H,2-18H2,1H3,(H2,22,23,24);1H. The van der Waals surface area contributed by atoms with Gasteiger partial charge in [0.1, 0.15) is 0 Å². The highest BCUT2D eigenvalue weighted by Gasteiger charge is 2.38. The van der Waals surface area contributed by atoms with Gasteiger partial charge in [-0.25, -0.2) is 0 Å². The number of aliphatic imine (C=N–C) groups is 1. The molecule has 0 aromatic heterocycles. The molecule has 3 fully saturated rings. The second-order valence-corrected chi connectivity index (χ2v) is 8.72. The van der Waals surface area contributed by atoms with E-state index >= 15 is 0 Å². The first-order valence-corrected chi connectivity index (χ1v) is 11.2. The lowest BCUT2D eigenvalue weighted by molar-refractivity contribution is -0.0333. The Morgan fingerprint density at radius 2 is 1.57 bits per heavy atom. The Balaban J connectivity index is 0.00000280. The van der Waals surface area contributed by atoms with Crippen molar-refractivity contribution in [3.8, 4) is 0 Å². The van der Waals surface area contributed by atoms with Gasteiger partial charge < -0.3 is 20.5 Å². The predicted molar refractivity (Wildman–Crippen MR) is 126 cm³/mol. The van der Waals surface area contributed by atoms with Gasteiger partial charge in [0.25, 0.3) is 0 Å². The highest BCUT2D eigenvalue weighted by molar-refractivity contribution is 14.0. The predicted octanol–water partition coefficient (Wildman–Crippen LogP) is 2.89. The van der Waals surface area contributed by atoms with Crippen LogP contribution in [0.15, 0.2) is 4.99 Å². The van der Waals surface area contributed by atoms with Crippen LogP contribution in [0, 0.1) is 0 Å². The van der Waals surface area contributed by atoms with Gasteiger partial charge in [0.05, 0.1) is 25.4 Å². The molecular formula is C21H41IN4O2. The van der Waals surface area contributed by atoms with E-state index in [9.17, 15) is 5.11 Å². The minimum atomic E-state index is -0.568. The van der Waals surface area contributed by atoms with Gasteiger partial charge in [-0.15, -0.1) is 24.0 Å². The third-order valence-corrected chi connectivity index (χ3v) is 6.71. The topological polar surface area (TPSA) is 69.1 Å². The molecule has 3 aliphatic rings. The number of ether oxygens (including phenoxy) is 1. The number of aliphatic hydroxyl groups is 1. The van der Waals surface area contributed by atoms with Crippen LogP contribution in [0.25, 0.3) is 0 Å². The summed E-state index contributed by atoms with van der Waals surface area (Å²) in [5.41, 5.74) is -0.382. The highest BCUT2D eigenvalue weighted by Crippen LogP contribution is 2.34. The summed E-state index contributed by atoms with van der Waals surface area (Å²) in [5.74, 6) is 0.856. The van der Waals surface area contributed by atoms with Crippen molar-refractivity contribution in [1.29, 1.82) is 0 Å². The molecule has 1 heterocycles. The second kappa shape index (κ2) is 11.9. The van der Waals surface area contributed by atoms with Crippen molar-refractivity contribution in [2.24, 2.45) is 4.99 Å². The van der Waals surface area contributed by atoms with Crippen molar-refractivity contribution in [2.75, 3.05) is 45.9 Å². The summed E-state index contributed by atoms with van der Waals surface area (Å²) in [7, 11) is 0. The molecule has 0 aromatic rings. The van der Waals surface area contributed by atoms with E-state index in [2.05, 4.69) is 22.5 Å². The molecule has 0 bridgehead atoms. The van der Waals surface area contributed by atoms with Crippen LogP contribution in [-0.2, 0) is 4.74 Å². The number of nitrogens with one attached hydrogen (secondary N) is 2. The van der Waals surface area contributed by atoms with Crippen molar-refractivity contribution >= 4 is 29.9 Å². The molecule has 28 heavy (non-hydrogen) atoms. The molecule has 0 spiro atoms. The zero-order valence-electron chi connectivity index (χ0n) is 17.7. The summed E-state index contributed by atoms with van der Waals surface area (Å²) >= 11 is 0. The Hall–Kier alpha value is -0.120. The Kier molecular flexibility index (Phi) is 10.3. The first kappa shape index (κ1) is 24.2. The fraction of sp³-hybridized carbons (Fsp3) is 0.952. The number of hydrogen-bond donors (Lipinski definition) is 3. The normalized spacial score (nSPS) is 25.6. The largest absolute Gasteiger partial charge is 0.388 e. The van der Waals surface area contributed by atoms with E-state index in [0.717, 1.165) is 71.0 Å². The highest BCUT2D eigenvalue weighted by atomic mass is 127. The average Bonchev–Trinajstić information content (AvgIpc) is 2.72. The Bertz CT molecular complexity index is 471. The van der Waals surface area contributed by atoms with Crippen LogP contribution in [0.3, 0.4) is 0 Å². The third kappa shape index (κ3) is 6.71. The molecule has 0 aromatic carbocycles. The van der Waals surface area contributed by atoms with E-state index < -0.39 is 5.60 Å². The van der Waals surface area contributed by atoms with Crippen LogP contribution in [0.1, 0.15) is 71.1 Å². The van der Waals surface area contributed by atoms with Crippen LogP contribution >= 0.6 is 24.0 Å². The van der Waals surface area contributed by atoms with Crippen LogP contribution < -0.4 is 10.6 Å². The molecule has 0 unspecified atom stereocenters. The second-order valence-electron chi connectivity index (χ2n) is 8.72. The molecule has 3 N–H and O–H groups in total. The molecule has 2 aliphatic carbocycles. The van der Waals surface area contributed by atoms with Crippen molar-refractivity contribution in [2.45, 2.75) is 82.3 Å². The maximum absolute atomic E-state index is 10.8. The van der Waals surface area contributed by atoms with Crippen LogP contribution in [0.2, 0.25) is 0 Å². The molecule has 6 nitrogen and oxygen atoms in total. The van der Waals surface area contributed by atoms with Gasteiger partial charge in [0.15, 0.2) is 5.96 Å². The average molecular weight is 508 g/mol. The molecule has 0 radical (unpaired) electrons. The summed E-state index contributed by atoms with van der Waals surface area (Å²) < 4.78 is 5.59. The van der Waals surface area contributed by atoms with Crippen LogP contribution in [0.5, 0.6) is 0 Å². The van der Waals surface area contributed by atoms with E-state index in [1.165, 1.54) is 38.5 Å². The number of guanidine groups is 1. The van der Waals surface area contributed by atoms with Gasteiger partial charge in [-0.3, -0.25) is 9.89 Å². The van der Waals surface area contributed by atoms with Gasteiger partial charge in [0.2, 0.25) is 0 Å². The van der Waals surface area contributed by atoms with Crippen molar-refractivity contribution in [3.63, 3.8) is 0 Å². The quantitative estimate of drug-likeness (QED) is 0.293. The van der Waals surface area contributed by atoms with E-state index in [-0.39, 0.29) is 29.5 Å². The number of halogens is 1. The molecule has 1 saturated heterocycles. The van der Waals surface area contributed by atoms with E-state index in [0.29, 0.717) is 6.54 Å². The van der Waals surface area contributed by atoms with Gasteiger partial charge in [-0.05, 0) is 32.6 Å². The molecular weight excluding hydrogens is 467 g/mol. The number of hydrogen-bond acceptors (Lipinski definition) is 4. The molecule has 1 aliphatic heterocycles. The maximum atomic E-state index is 10.8. The van der Waals surface area contributed by atoms with E-state index in [1.807, 2.05) is 0 Å². The van der Waals surface area contributed by atoms with Gasteiger partial charge in [-0.2, -0.15) is 0 Å². The molecule has 3 rings (SSSR count).